The highest BCUT2D eigenvalue weighted by atomic mass is 35.5. The number of amides is 1. The number of hydrogen-bond donors (Lipinski definition) is 1. The molecular weight excluding hydrogens is 314 g/mol. The van der Waals surface area contributed by atoms with Crippen molar-refractivity contribution in [2.24, 2.45) is 0 Å². The molecule has 0 unspecified atom stereocenters. The van der Waals surface area contributed by atoms with Gasteiger partial charge in [-0.25, -0.2) is 0 Å². The monoisotopic (exact) mass is 327 g/mol. The minimum Gasteiger partial charge on any atom is -0.326 e. The van der Waals surface area contributed by atoms with Crippen LogP contribution in [0.5, 0.6) is 0 Å². The summed E-state index contributed by atoms with van der Waals surface area (Å²) in [5, 5.41) is 6.85. The molecule has 0 saturated carbocycles. The molecule has 8 heteroatoms. The van der Waals surface area contributed by atoms with E-state index in [1.165, 1.54) is 31.2 Å². The molecule has 0 saturated heterocycles. The van der Waals surface area contributed by atoms with Crippen LogP contribution in [0.25, 0.3) is 0 Å². The van der Waals surface area contributed by atoms with Crippen LogP contribution in [0.4, 0.5) is 5.69 Å². The summed E-state index contributed by atoms with van der Waals surface area (Å²) >= 11 is 5.98. The van der Waals surface area contributed by atoms with Crippen LogP contribution in [0.2, 0.25) is 5.02 Å². The van der Waals surface area contributed by atoms with Crippen LogP contribution in [0.15, 0.2) is 29.2 Å². The molecule has 1 amide bonds. The molecule has 0 aliphatic rings. The topological polar surface area (TPSA) is 81.1 Å². The third-order valence-electron chi connectivity index (χ3n) is 2.86. The molecule has 112 valence electrons. The van der Waals surface area contributed by atoms with Crippen LogP contribution in [0, 0.1) is 13.8 Å². The maximum Gasteiger partial charge on any atom is 0.283 e. The van der Waals surface area contributed by atoms with Gasteiger partial charge in [0.15, 0.2) is 0 Å². The Morgan fingerprint density at radius 2 is 1.81 bits per heavy atom. The lowest BCUT2D eigenvalue weighted by Gasteiger charge is -2.08. The number of halogens is 1. The van der Waals surface area contributed by atoms with Crippen LogP contribution in [-0.4, -0.2) is 23.5 Å². The summed E-state index contributed by atoms with van der Waals surface area (Å²) in [6, 6.07) is 5.85. The molecule has 1 heterocycles. The second-order valence-corrected chi connectivity index (χ2v) is 6.68. The van der Waals surface area contributed by atoms with Crippen molar-refractivity contribution < 1.29 is 13.2 Å². The van der Waals surface area contributed by atoms with E-state index < -0.39 is 10.0 Å². The summed E-state index contributed by atoms with van der Waals surface area (Å²) in [5.41, 5.74) is 1.33. The highest BCUT2D eigenvalue weighted by Gasteiger charge is 2.22. The van der Waals surface area contributed by atoms with Crippen LogP contribution in [0.3, 0.4) is 0 Å². The molecule has 1 aromatic carbocycles. The largest absolute Gasteiger partial charge is 0.326 e. The zero-order valence-corrected chi connectivity index (χ0v) is 13.3. The van der Waals surface area contributed by atoms with Gasteiger partial charge in [0, 0.05) is 12.6 Å². The molecule has 0 aliphatic carbocycles. The second kappa shape index (κ2) is 5.50. The van der Waals surface area contributed by atoms with E-state index >= 15 is 0 Å². The summed E-state index contributed by atoms with van der Waals surface area (Å²) in [7, 11) is -3.81. The lowest BCUT2D eigenvalue weighted by Crippen LogP contribution is -2.16. The normalized spacial score (nSPS) is 11.4. The van der Waals surface area contributed by atoms with Gasteiger partial charge in [-0.05, 0) is 38.1 Å². The third-order valence-corrected chi connectivity index (χ3v) is 5.09. The average molecular weight is 328 g/mol. The molecule has 2 rings (SSSR count). The number of benzene rings is 1. The Kier molecular flexibility index (Phi) is 4.06. The highest BCUT2D eigenvalue weighted by Crippen LogP contribution is 2.24. The number of aryl methyl sites for hydroxylation is 1. The number of carbonyl (C=O) groups is 1. The quantitative estimate of drug-likeness (QED) is 0.938. The molecule has 0 bridgehead atoms. The van der Waals surface area contributed by atoms with Crippen LogP contribution < -0.4 is 5.32 Å². The van der Waals surface area contributed by atoms with Crippen LogP contribution >= 0.6 is 11.6 Å². The molecule has 0 radical (unpaired) electrons. The predicted molar refractivity (Wildman–Crippen MR) is 80.0 cm³/mol. The van der Waals surface area contributed by atoms with Crippen molar-refractivity contribution in [1.82, 2.24) is 9.19 Å². The average Bonchev–Trinajstić information content (AvgIpc) is 2.67. The van der Waals surface area contributed by atoms with E-state index in [0.717, 1.165) is 4.09 Å². The summed E-state index contributed by atoms with van der Waals surface area (Å²) in [4.78, 5) is 11.0. The first-order valence-corrected chi connectivity index (χ1v) is 7.90. The number of nitrogens with zero attached hydrogens (tertiary/aromatic N) is 2. The van der Waals surface area contributed by atoms with Gasteiger partial charge in [0.05, 0.1) is 21.3 Å². The zero-order chi connectivity index (χ0) is 15.8. The minimum absolute atomic E-state index is 0.0684. The van der Waals surface area contributed by atoms with Crippen molar-refractivity contribution in [3.05, 3.63) is 40.7 Å². The first-order valence-electron chi connectivity index (χ1n) is 6.08. The van der Waals surface area contributed by atoms with E-state index in [4.69, 9.17) is 11.6 Å². The van der Waals surface area contributed by atoms with Gasteiger partial charge in [0.1, 0.15) is 0 Å². The Balaban J connectivity index is 2.44. The molecule has 6 nitrogen and oxygen atoms in total. The Hall–Kier alpha value is -1.86. The van der Waals surface area contributed by atoms with Gasteiger partial charge in [-0.2, -0.15) is 17.6 Å². The number of hydrogen-bond acceptors (Lipinski definition) is 4. The van der Waals surface area contributed by atoms with E-state index in [2.05, 4.69) is 10.4 Å². The number of rotatable bonds is 3. The predicted octanol–water partition coefficient (Wildman–Crippen LogP) is 2.35. The fraction of sp³-hybridized carbons (Fsp3) is 0.231. The number of aromatic nitrogens is 2. The van der Waals surface area contributed by atoms with Crippen LogP contribution in [0.1, 0.15) is 18.3 Å². The fourth-order valence-electron chi connectivity index (χ4n) is 1.85. The summed E-state index contributed by atoms with van der Waals surface area (Å²) < 4.78 is 25.9. The first-order chi connectivity index (χ1) is 9.73. The van der Waals surface area contributed by atoms with Gasteiger partial charge in [-0.1, -0.05) is 11.6 Å². The van der Waals surface area contributed by atoms with Crippen molar-refractivity contribution in [2.45, 2.75) is 25.7 Å². The van der Waals surface area contributed by atoms with Crippen molar-refractivity contribution in [3.8, 4) is 0 Å². The molecule has 2 aromatic rings. The van der Waals surface area contributed by atoms with Crippen LogP contribution in [-0.2, 0) is 14.8 Å². The SMILES string of the molecule is CC(=O)Nc1ccc(S(=O)(=O)n2nc(C)c(Cl)c2C)cc1. The van der Waals surface area contributed by atoms with Gasteiger partial charge < -0.3 is 5.32 Å². The smallest absolute Gasteiger partial charge is 0.283 e. The summed E-state index contributed by atoms with van der Waals surface area (Å²) in [5.74, 6) is -0.226. The Morgan fingerprint density at radius 3 is 2.24 bits per heavy atom. The van der Waals surface area contributed by atoms with E-state index in [1.807, 2.05) is 0 Å². The van der Waals surface area contributed by atoms with Gasteiger partial charge in [0.2, 0.25) is 5.91 Å². The van der Waals surface area contributed by atoms with Gasteiger partial charge in [-0.15, -0.1) is 0 Å². The molecule has 1 aromatic heterocycles. The molecule has 21 heavy (non-hydrogen) atoms. The first kappa shape index (κ1) is 15.5. The Bertz CT molecular complexity index is 795. The highest BCUT2D eigenvalue weighted by molar-refractivity contribution is 7.89. The standard InChI is InChI=1S/C13H14ClN3O3S/c1-8-13(14)9(2)17(16-8)21(19,20)12-6-4-11(5-7-12)15-10(3)18/h4-7H,1-3H3,(H,15,18). The van der Waals surface area contributed by atoms with Crippen molar-refractivity contribution in [2.75, 3.05) is 5.32 Å². The van der Waals surface area contributed by atoms with Gasteiger partial charge in [-0.3, -0.25) is 4.79 Å². The molecule has 0 atom stereocenters. The molecule has 1 N–H and O–H groups in total. The van der Waals surface area contributed by atoms with Crippen molar-refractivity contribution in [3.63, 3.8) is 0 Å². The Morgan fingerprint density at radius 1 is 1.24 bits per heavy atom. The van der Waals surface area contributed by atoms with Gasteiger partial charge >= 0.3 is 0 Å². The maximum atomic E-state index is 12.5. The van der Waals surface area contributed by atoms with Gasteiger partial charge in [0.25, 0.3) is 10.0 Å². The van der Waals surface area contributed by atoms with E-state index in [1.54, 1.807) is 13.8 Å². The number of carbonyl (C=O) groups excluding carboxylic acids is 1. The van der Waals surface area contributed by atoms with E-state index in [0.29, 0.717) is 22.1 Å². The molecule has 0 aliphatic heterocycles. The number of nitrogens with one attached hydrogen (secondary N) is 1. The second-order valence-electron chi connectivity index (χ2n) is 4.54. The molecule has 0 fully saturated rings. The molecular formula is C13H14ClN3O3S. The third kappa shape index (κ3) is 2.93. The number of anilines is 1. The van der Waals surface area contributed by atoms with E-state index in [9.17, 15) is 13.2 Å². The zero-order valence-electron chi connectivity index (χ0n) is 11.7. The Labute approximate surface area is 127 Å². The summed E-state index contributed by atoms with van der Waals surface area (Å²) in [6.45, 7) is 4.61. The lowest BCUT2D eigenvalue weighted by atomic mass is 10.3. The molecule has 0 spiro atoms. The summed E-state index contributed by atoms with van der Waals surface area (Å²) in [6.07, 6.45) is 0. The maximum absolute atomic E-state index is 12.5. The minimum atomic E-state index is -3.81. The lowest BCUT2D eigenvalue weighted by molar-refractivity contribution is -0.114. The van der Waals surface area contributed by atoms with Crippen molar-refractivity contribution in [1.29, 1.82) is 0 Å². The van der Waals surface area contributed by atoms with E-state index in [-0.39, 0.29) is 10.8 Å². The fourth-order valence-corrected chi connectivity index (χ4v) is 3.38. The van der Waals surface area contributed by atoms with Crippen molar-refractivity contribution >= 4 is 33.2 Å².